The van der Waals surface area contributed by atoms with Crippen molar-refractivity contribution in [2.24, 2.45) is 11.3 Å². The third-order valence-corrected chi connectivity index (χ3v) is 3.09. The summed E-state index contributed by atoms with van der Waals surface area (Å²) in [4.78, 5) is 0. The first-order valence-corrected chi connectivity index (χ1v) is 5.32. The van der Waals surface area contributed by atoms with Gasteiger partial charge in [0, 0.05) is 19.1 Å². The molecule has 0 fully saturated rings. The molecule has 0 aliphatic heterocycles. The SMILES string of the molecule is CCNCC(CC)(COC)C(C)C. The van der Waals surface area contributed by atoms with Crippen LogP contribution in [-0.2, 0) is 4.74 Å². The molecule has 1 atom stereocenters. The van der Waals surface area contributed by atoms with Gasteiger partial charge in [0.15, 0.2) is 0 Å². The van der Waals surface area contributed by atoms with Gasteiger partial charge < -0.3 is 10.1 Å². The van der Waals surface area contributed by atoms with Crippen molar-refractivity contribution < 1.29 is 4.74 Å². The average molecular weight is 187 g/mol. The van der Waals surface area contributed by atoms with E-state index in [4.69, 9.17) is 4.74 Å². The molecule has 0 saturated heterocycles. The van der Waals surface area contributed by atoms with E-state index in [2.05, 4.69) is 33.0 Å². The van der Waals surface area contributed by atoms with Gasteiger partial charge in [0.25, 0.3) is 0 Å². The number of rotatable bonds is 7. The molecule has 0 bridgehead atoms. The molecule has 80 valence electrons. The molecule has 0 heterocycles. The second-order valence-corrected chi connectivity index (χ2v) is 4.08. The van der Waals surface area contributed by atoms with Crippen molar-refractivity contribution in [1.29, 1.82) is 0 Å². The van der Waals surface area contributed by atoms with Crippen LogP contribution in [0.15, 0.2) is 0 Å². The topological polar surface area (TPSA) is 21.3 Å². The Kier molecular flexibility index (Phi) is 6.35. The van der Waals surface area contributed by atoms with Gasteiger partial charge in [-0.1, -0.05) is 27.7 Å². The van der Waals surface area contributed by atoms with E-state index in [1.165, 1.54) is 6.42 Å². The van der Waals surface area contributed by atoms with Crippen LogP contribution in [0.4, 0.5) is 0 Å². The van der Waals surface area contributed by atoms with Crippen molar-refractivity contribution in [3.63, 3.8) is 0 Å². The first-order valence-electron chi connectivity index (χ1n) is 5.32. The Morgan fingerprint density at radius 1 is 1.31 bits per heavy atom. The van der Waals surface area contributed by atoms with Crippen LogP contribution in [0.2, 0.25) is 0 Å². The Balaban J connectivity index is 4.26. The molecule has 1 unspecified atom stereocenters. The van der Waals surface area contributed by atoms with E-state index in [9.17, 15) is 0 Å². The third-order valence-electron chi connectivity index (χ3n) is 3.09. The maximum Gasteiger partial charge on any atom is 0.0533 e. The Bertz CT molecular complexity index is 125. The molecule has 1 N–H and O–H groups in total. The largest absolute Gasteiger partial charge is 0.384 e. The quantitative estimate of drug-likeness (QED) is 0.660. The minimum Gasteiger partial charge on any atom is -0.384 e. The summed E-state index contributed by atoms with van der Waals surface area (Å²) in [5.74, 6) is 0.663. The predicted molar refractivity (Wildman–Crippen MR) is 58.0 cm³/mol. The van der Waals surface area contributed by atoms with E-state index in [1.54, 1.807) is 7.11 Å². The van der Waals surface area contributed by atoms with Crippen LogP contribution in [0.3, 0.4) is 0 Å². The summed E-state index contributed by atoms with van der Waals surface area (Å²) in [5.41, 5.74) is 0.310. The Hall–Kier alpha value is -0.0800. The predicted octanol–water partition coefficient (Wildman–Crippen LogP) is 2.29. The first-order chi connectivity index (χ1) is 6.13. The van der Waals surface area contributed by atoms with Crippen LogP contribution < -0.4 is 5.32 Å². The summed E-state index contributed by atoms with van der Waals surface area (Å²) in [7, 11) is 1.79. The van der Waals surface area contributed by atoms with Gasteiger partial charge in [-0.15, -0.1) is 0 Å². The summed E-state index contributed by atoms with van der Waals surface area (Å²) in [6, 6.07) is 0. The van der Waals surface area contributed by atoms with Crippen molar-refractivity contribution in [3.05, 3.63) is 0 Å². The zero-order chi connectivity index (χ0) is 10.3. The van der Waals surface area contributed by atoms with Crippen LogP contribution >= 0.6 is 0 Å². The van der Waals surface area contributed by atoms with Gasteiger partial charge in [-0.3, -0.25) is 0 Å². The van der Waals surface area contributed by atoms with Crippen molar-refractivity contribution in [2.45, 2.75) is 34.1 Å². The highest BCUT2D eigenvalue weighted by molar-refractivity contribution is 4.83. The summed E-state index contributed by atoms with van der Waals surface area (Å²) < 4.78 is 5.32. The van der Waals surface area contributed by atoms with Gasteiger partial charge in [0.1, 0.15) is 0 Å². The highest BCUT2D eigenvalue weighted by Crippen LogP contribution is 2.30. The fourth-order valence-corrected chi connectivity index (χ4v) is 1.72. The number of hydrogen-bond acceptors (Lipinski definition) is 2. The molecular formula is C11H25NO. The molecule has 0 aromatic rings. The number of methoxy groups -OCH3 is 1. The van der Waals surface area contributed by atoms with Crippen LogP contribution in [-0.4, -0.2) is 26.8 Å². The fraction of sp³-hybridized carbons (Fsp3) is 1.00. The van der Waals surface area contributed by atoms with Crippen molar-refractivity contribution in [1.82, 2.24) is 5.32 Å². The van der Waals surface area contributed by atoms with E-state index < -0.39 is 0 Å². The summed E-state index contributed by atoms with van der Waals surface area (Å²) in [6.45, 7) is 11.9. The lowest BCUT2D eigenvalue weighted by atomic mass is 9.75. The van der Waals surface area contributed by atoms with E-state index in [-0.39, 0.29) is 0 Å². The summed E-state index contributed by atoms with van der Waals surface area (Å²) >= 11 is 0. The van der Waals surface area contributed by atoms with E-state index in [0.29, 0.717) is 11.3 Å². The zero-order valence-corrected chi connectivity index (χ0v) is 9.81. The molecule has 0 radical (unpaired) electrons. The molecule has 2 heteroatoms. The molecule has 0 aromatic carbocycles. The first kappa shape index (κ1) is 12.9. The summed E-state index contributed by atoms with van der Waals surface area (Å²) in [5, 5.41) is 3.43. The Labute approximate surface area is 83.1 Å². The van der Waals surface area contributed by atoms with Gasteiger partial charge in [-0.2, -0.15) is 0 Å². The highest BCUT2D eigenvalue weighted by Gasteiger charge is 2.31. The van der Waals surface area contributed by atoms with E-state index >= 15 is 0 Å². The van der Waals surface area contributed by atoms with Crippen molar-refractivity contribution in [2.75, 3.05) is 26.8 Å². The molecule has 13 heavy (non-hydrogen) atoms. The standard InChI is InChI=1S/C11H25NO/c1-6-11(9-13-5,10(3)4)8-12-7-2/h10,12H,6-9H2,1-5H3. The molecule has 0 aliphatic carbocycles. The molecule has 0 rings (SSSR count). The maximum absolute atomic E-state index is 5.32. The minimum absolute atomic E-state index is 0.310. The van der Waals surface area contributed by atoms with Crippen LogP contribution in [0.1, 0.15) is 34.1 Å². The summed E-state index contributed by atoms with van der Waals surface area (Å²) in [6.07, 6.45) is 1.17. The van der Waals surface area contributed by atoms with E-state index in [1.807, 2.05) is 0 Å². The monoisotopic (exact) mass is 187 g/mol. The molecule has 0 aromatic heterocycles. The molecular weight excluding hydrogens is 162 g/mol. The van der Waals surface area contributed by atoms with Crippen molar-refractivity contribution >= 4 is 0 Å². The van der Waals surface area contributed by atoms with Crippen molar-refractivity contribution in [3.8, 4) is 0 Å². The number of nitrogens with one attached hydrogen (secondary N) is 1. The van der Waals surface area contributed by atoms with Gasteiger partial charge >= 0.3 is 0 Å². The van der Waals surface area contributed by atoms with Crippen LogP contribution in [0.5, 0.6) is 0 Å². The molecule has 0 aliphatic rings. The molecule has 0 spiro atoms. The van der Waals surface area contributed by atoms with Gasteiger partial charge in [-0.25, -0.2) is 0 Å². The Morgan fingerprint density at radius 2 is 1.92 bits per heavy atom. The highest BCUT2D eigenvalue weighted by atomic mass is 16.5. The van der Waals surface area contributed by atoms with Gasteiger partial charge in [-0.05, 0) is 18.9 Å². The number of hydrogen-bond donors (Lipinski definition) is 1. The molecule has 0 saturated carbocycles. The van der Waals surface area contributed by atoms with Crippen LogP contribution in [0, 0.1) is 11.3 Å². The fourth-order valence-electron chi connectivity index (χ4n) is 1.72. The lowest BCUT2D eigenvalue weighted by molar-refractivity contribution is 0.0396. The zero-order valence-electron chi connectivity index (χ0n) is 9.81. The van der Waals surface area contributed by atoms with E-state index in [0.717, 1.165) is 19.7 Å². The normalized spacial score (nSPS) is 16.2. The molecule has 0 amide bonds. The smallest absolute Gasteiger partial charge is 0.0533 e. The van der Waals surface area contributed by atoms with Gasteiger partial charge in [0.2, 0.25) is 0 Å². The average Bonchev–Trinajstić information content (AvgIpc) is 2.12. The minimum atomic E-state index is 0.310. The number of ether oxygens (including phenoxy) is 1. The third kappa shape index (κ3) is 3.65. The lowest BCUT2D eigenvalue weighted by Gasteiger charge is -2.36. The Morgan fingerprint density at radius 3 is 2.23 bits per heavy atom. The second kappa shape index (κ2) is 6.39. The lowest BCUT2D eigenvalue weighted by Crippen LogP contribution is -2.41. The molecule has 2 nitrogen and oxygen atoms in total. The maximum atomic E-state index is 5.32. The second-order valence-electron chi connectivity index (χ2n) is 4.08. The van der Waals surface area contributed by atoms with Gasteiger partial charge in [0.05, 0.1) is 6.61 Å². The van der Waals surface area contributed by atoms with Crippen LogP contribution in [0.25, 0.3) is 0 Å².